The Morgan fingerprint density at radius 2 is 1.43 bits per heavy atom. The average Bonchev–Trinajstić information content (AvgIpc) is 2.85. The van der Waals surface area contributed by atoms with Crippen LogP contribution in [0.1, 0.15) is 0 Å². The Kier molecular flexibility index (Phi) is 4.50. The number of hydrogen-bond donors (Lipinski definition) is 0. The van der Waals surface area contributed by atoms with E-state index in [1.807, 2.05) is 78.9 Å². The zero-order valence-corrected chi connectivity index (χ0v) is 14.4. The van der Waals surface area contributed by atoms with E-state index in [2.05, 4.69) is 7.75 Å². The second-order valence-electron chi connectivity index (χ2n) is 4.55. The molecule has 1 aliphatic rings. The first-order valence-corrected chi connectivity index (χ1v) is 10.6. The normalized spacial score (nSPS) is 14.2. The van der Waals surface area contributed by atoms with Crippen LogP contribution in [0, 0.1) is 0 Å². The van der Waals surface area contributed by atoms with Gasteiger partial charge in [-0.25, -0.2) is 0 Å². The van der Waals surface area contributed by atoms with Crippen molar-refractivity contribution in [2.45, 2.75) is 0 Å². The second kappa shape index (κ2) is 6.53. The second-order valence-corrected chi connectivity index (χ2v) is 9.28. The van der Waals surface area contributed by atoms with Gasteiger partial charge in [-0.3, -0.25) is 0 Å². The molecule has 0 unspecified atom stereocenters. The van der Waals surface area contributed by atoms with Crippen LogP contribution < -0.4 is 10.6 Å². The molecule has 1 heterocycles. The lowest BCUT2D eigenvalue weighted by Crippen LogP contribution is -2.16. The third kappa shape index (κ3) is 2.94. The largest absolute Gasteiger partial charge is 0.309 e. The first kappa shape index (κ1) is 14.5. The fraction of sp³-hybridized carbons (Fsp3) is 0. The summed E-state index contributed by atoms with van der Waals surface area (Å²) in [4.78, 5) is 0. The molecule has 0 saturated carbocycles. The molecule has 3 rings (SSSR count). The van der Waals surface area contributed by atoms with Crippen molar-refractivity contribution in [3.8, 4) is 0 Å². The van der Waals surface area contributed by atoms with Gasteiger partial charge in [0, 0.05) is 15.9 Å². The van der Waals surface area contributed by atoms with Gasteiger partial charge in [0.05, 0.1) is 0 Å². The molecule has 0 radical (unpaired) electrons. The summed E-state index contributed by atoms with van der Waals surface area (Å²) in [5, 5.41) is 2.63. The van der Waals surface area contributed by atoms with Crippen molar-refractivity contribution in [3.05, 3.63) is 88.3 Å². The van der Waals surface area contributed by atoms with Gasteiger partial charge in [0.2, 0.25) is 0 Å². The Morgan fingerprint density at radius 1 is 0.857 bits per heavy atom. The van der Waals surface area contributed by atoms with E-state index in [1.54, 1.807) is 0 Å². The highest BCUT2D eigenvalue weighted by atomic mass is 127. The van der Waals surface area contributed by atoms with Crippen LogP contribution in [0.5, 0.6) is 0 Å². The van der Waals surface area contributed by atoms with Gasteiger partial charge in [0.1, 0.15) is 0 Å². The molecule has 2 aromatic carbocycles. The van der Waals surface area contributed by atoms with Crippen molar-refractivity contribution in [1.29, 1.82) is 0 Å². The molecule has 2 aromatic rings. The van der Waals surface area contributed by atoms with Crippen molar-refractivity contribution >= 4 is 42.1 Å². The molecule has 0 aromatic heterocycles. The highest BCUT2D eigenvalue weighted by Crippen LogP contribution is 2.52. The Morgan fingerprint density at radius 3 is 2.00 bits per heavy atom. The summed E-state index contributed by atoms with van der Waals surface area (Å²) >= 11 is -0.188. The highest BCUT2D eigenvalue weighted by Gasteiger charge is 2.30. The Bertz CT molecular complexity index is 754. The maximum absolute atomic E-state index is 14.0. The summed E-state index contributed by atoms with van der Waals surface area (Å²) in [6, 6.07) is 19.5. The molecule has 0 aliphatic carbocycles. The van der Waals surface area contributed by atoms with E-state index in [-0.39, 0.29) is 20.7 Å². The lowest BCUT2D eigenvalue weighted by atomic mass is 10.4. The van der Waals surface area contributed by atoms with Crippen molar-refractivity contribution in [2.75, 3.05) is 0 Å². The van der Waals surface area contributed by atoms with Gasteiger partial charge < -0.3 is 4.57 Å². The van der Waals surface area contributed by atoms with Crippen LogP contribution in [-0.2, 0) is 4.57 Å². The number of halogens is 1. The quantitative estimate of drug-likeness (QED) is 0.550. The minimum Gasteiger partial charge on any atom is -0.309 e. The molecule has 1 aliphatic heterocycles. The molecule has 21 heavy (non-hydrogen) atoms. The van der Waals surface area contributed by atoms with Gasteiger partial charge in [0.15, 0.2) is 7.14 Å². The van der Waals surface area contributed by atoms with Gasteiger partial charge in [-0.1, -0.05) is 64.3 Å². The number of allylic oxidation sites excluding steroid dienone is 4. The monoisotopic (exact) mass is 404 g/mol. The predicted octanol–water partition coefficient (Wildman–Crippen LogP) is 4.34. The van der Waals surface area contributed by atoms with Gasteiger partial charge in [-0.2, -0.15) is 0 Å². The lowest BCUT2D eigenvalue weighted by Gasteiger charge is -2.20. The summed E-state index contributed by atoms with van der Waals surface area (Å²) in [5.41, 5.74) is 0. The van der Waals surface area contributed by atoms with Crippen LogP contribution in [-0.4, -0.2) is 3.67 Å². The van der Waals surface area contributed by atoms with E-state index in [0.717, 1.165) is 15.9 Å². The van der Waals surface area contributed by atoms with Crippen LogP contribution in [0.15, 0.2) is 88.3 Å². The lowest BCUT2D eigenvalue weighted by molar-refractivity contribution is 0.591. The summed E-state index contributed by atoms with van der Waals surface area (Å²) in [6.45, 7) is 0. The van der Waals surface area contributed by atoms with E-state index in [4.69, 9.17) is 0 Å². The summed E-state index contributed by atoms with van der Waals surface area (Å²) in [6.07, 6.45) is 5.88. The molecular formula is C18H14IOP. The van der Waals surface area contributed by atoms with Crippen LogP contribution in [0.2, 0.25) is 0 Å². The van der Waals surface area contributed by atoms with E-state index >= 15 is 0 Å². The zero-order chi connectivity index (χ0) is 14.5. The van der Waals surface area contributed by atoms with Gasteiger partial charge in [-0.15, -0.1) is 0 Å². The zero-order valence-electron chi connectivity index (χ0n) is 11.3. The minimum absolute atomic E-state index is 0.188. The SMILES string of the molecule is O=P(C1=CC=C=IC=C1)(c1ccccc1)c1ccccc1. The molecule has 0 saturated heterocycles. The summed E-state index contributed by atoms with van der Waals surface area (Å²) in [7, 11) is -2.81. The molecule has 0 N–H and O–H groups in total. The van der Waals surface area contributed by atoms with Crippen LogP contribution >= 0.6 is 27.9 Å². The third-order valence-corrected chi connectivity index (χ3v) is 7.79. The smallest absolute Gasteiger partial charge is 0.171 e. The average molecular weight is 404 g/mol. The van der Waals surface area contributed by atoms with Crippen LogP contribution in [0.25, 0.3) is 0 Å². The molecule has 0 fully saturated rings. The topological polar surface area (TPSA) is 17.1 Å². The number of hydrogen-bond acceptors (Lipinski definition) is 1. The number of benzene rings is 2. The number of rotatable bonds is 3. The Hall–Kier alpha value is -1.47. The van der Waals surface area contributed by atoms with Gasteiger partial charge >= 0.3 is 0 Å². The molecule has 0 spiro atoms. The van der Waals surface area contributed by atoms with Crippen molar-refractivity contribution in [1.82, 2.24) is 0 Å². The first-order chi connectivity index (χ1) is 10.3. The molecule has 3 heteroatoms. The third-order valence-electron chi connectivity index (χ3n) is 3.28. The van der Waals surface area contributed by atoms with E-state index in [9.17, 15) is 4.57 Å². The standard InChI is InChI=1S/C18H14IOP/c20-21(16-8-3-1-4-9-16,17-10-5-2-6-11-17)18-12-7-14-19-15-13-18/h1-13,15H. The molecule has 1 nitrogen and oxygen atoms in total. The van der Waals surface area contributed by atoms with Crippen LogP contribution in [0.4, 0.5) is 0 Å². The van der Waals surface area contributed by atoms with Crippen molar-refractivity contribution < 1.29 is 4.57 Å². The fourth-order valence-corrected chi connectivity index (χ4v) is 6.37. The molecule has 0 amide bonds. The van der Waals surface area contributed by atoms with Crippen molar-refractivity contribution in [3.63, 3.8) is 0 Å². The maximum Gasteiger partial charge on any atom is 0.171 e. The van der Waals surface area contributed by atoms with E-state index < -0.39 is 7.14 Å². The molecule has 0 bridgehead atoms. The van der Waals surface area contributed by atoms with Gasteiger partial charge in [0.25, 0.3) is 0 Å². The first-order valence-electron chi connectivity index (χ1n) is 6.61. The molecule has 104 valence electrons. The van der Waals surface area contributed by atoms with Gasteiger partial charge in [-0.05, 0) is 43.0 Å². The predicted molar refractivity (Wildman–Crippen MR) is 101 cm³/mol. The molecular weight excluding hydrogens is 390 g/mol. The minimum atomic E-state index is -2.81. The highest BCUT2D eigenvalue weighted by molar-refractivity contribution is 14.2. The van der Waals surface area contributed by atoms with E-state index in [0.29, 0.717) is 0 Å². The fourth-order valence-electron chi connectivity index (χ4n) is 2.27. The molecule has 0 atom stereocenters. The summed E-state index contributed by atoms with van der Waals surface area (Å²) < 4.78 is 19.3. The summed E-state index contributed by atoms with van der Waals surface area (Å²) in [5.74, 6) is 0. The Balaban J connectivity index is 2.24. The van der Waals surface area contributed by atoms with Crippen LogP contribution in [0.3, 0.4) is 0 Å². The van der Waals surface area contributed by atoms with E-state index in [1.165, 1.54) is 0 Å². The van der Waals surface area contributed by atoms with Crippen molar-refractivity contribution in [2.24, 2.45) is 0 Å². The Labute approximate surface area is 134 Å². The maximum atomic E-state index is 14.0.